The number of nitrogens with one attached hydrogen (secondary N) is 1. The van der Waals surface area contributed by atoms with Gasteiger partial charge in [-0.3, -0.25) is 0 Å². The molecule has 0 atom stereocenters. The molecule has 1 fully saturated rings. The van der Waals surface area contributed by atoms with Gasteiger partial charge in [-0.15, -0.1) is 0 Å². The lowest BCUT2D eigenvalue weighted by Gasteiger charge is -2.36. The van der Waals surface area contributed by atoms with Crippen LogP contribution in [0, 0.1) is 29.1 Å². The molecule has 1 aliphatic heterocycles. The maximum atomic E-state index is 13.8. The third-order valence-corrected chi connectivity index (χ3v) is 4.09. The van der Waals surface area contributed by atoms with E-state index in [1.54, 1.807) is 4.90 Å². The predicted octanol–water partition coefficient (Wildman–Crippen LogP) is 3.74. The van der Waals surface area contributed by atoms with E-state index < -0.39 is 40.8 Å². The Morgan fingerprint density at radius 2 is 1.54 bits per heavy atom. The van der Waals surface area contributed by atoms with Gasteiger partial charge < -0.3 is 15.1 Å². The van der Waals surface area contributed by atoms with E-state index in [9.17, 15) is 26.7 Å². The van der Waals surface area contributed by atoms with E-state index in [4.69, 9.17) is 0 Å². The molecule has 0 saturated carbocycles. The van der Waals surface area contributed by atoms with Crippen LogP contribution in [-0.4, -0.2) is 37.1 Å². The Bertz CT molecular complexity index is 837. The minimum atomic E-state index is -1.67. The molecule has 1 aliphatic rings. The third-order valence-electron chi connectivity index (χ3n) is 4.09. The number of amides is 2. The lowest BCUT2D eigenvalue weighted by atomic mass is 10.2. The van der Waals surface area contributed by atoms with Gasteiger partial charge in [0.1, 0.15) is 11.6 Å². The molecule has 1 saturated heterocycles. The first-order valence-corrected chi connectivity index (χ1v) is 7.76. The lowest BCUT2D eigenvalue weighted by Crippen LogP contribution is -2.50. The molecule has 4 nitrogen and oxygen atoms in total. The molecule has 0 bridgehead atoms. The molecule has 26 heavy (non-hydrogen) atoms. The van der Waals surface area contributed by atoms with Crippen molar-refractivity contribution in [3.05, 3.63) is 59.4 Å². The summed E-state index contributed by atoms with van der Waals surface area (Å²) in [6.07, 6.45) is 0. The molecule has 0 radical (unpaired) electrons. The third kappa shape index (κ3) is 3.56. The van der Waals surface area contributed by atoms with Gasteiger partial charge in [0.15, 0.2) is 17.5 Å². The molecule has 0 unspecified atom stereocenters. The second-order valence-electron chi connectivity index (χ2n) is 5.72. The smallest absolute Gasteiger partial charge is 0.322 e. The number of carbonyl (C=O) groups excluding carboxylic acids is 1. The number of piperazine rings is 1. The van der Waals surface area contributed by atoms with Crippen molar-refractivity contribution in [1.29, 1.82) is 0 Å². The van der Waals surface area contributed by atoms with Crippen LogP contribution < -0.4 is 10.2 Å². The van der Waals surface area contributed by atoms with Crippen molar-refractivity contribution in [3.8, 4) is 0 Å². The standard InChI is InChI=1S/C17H14F5N3O/c18-10-1-4-14(12(20)9-10)24-5-7-25(8-6-24)17(26)23-13-3-2-11(19)15(21)16(13)22/h1-4,9H,5-8H2,(H,23,26). The fraction of sp³-hybridized carbons (Fsp3) is 0.235. The Labute approximate surface area is 145 Å². The highest BCUT2D eigenvalue weighted by Crippen LogP contribution is 2.23. The van der Waals surface area contributed by atoms with Crippen molar-refractivity contribution in [2.75, 3.05) is 36.4 Å². The Balaban J connectivity index is 1.63. The molecule has 2 aromatic rings. The molecular weight excluding hydrogens is 357 g/mol. The van der Waals surface area contributed by atoms with Crippen molar-refractivity contribution in [2.24, 2.45) is 0 Å². The molecule has 3 rings (SSSR count). The Kier molecular flexibility index (Phi) is 4.97. The summed E-state index contributed by atoms with van der Waals surface area (Å²) in [7, 11) is 0. The maximum Gasteiger partial charge on any atom is 0.322 e. The zero-order valence-corrected chi connectivity index (χ0v) is 13.4. The Hall–Kier alpha value is -2.84. The van der Waals surface area contributed by atoms with Gasteiger partial charge in [0.25, 0.3) is 0 Å². The minimum absolute atomic E-state index is 0.188. The summed E-state index contributed by atoms with van der Waals surface area (Å²) in [5, 5.41) is 2.18. The molecular formula is C17H14F5N3O. The molecule has 138 valence electrons. The predicted molar refractivity (Wildman–Crippen MR) is 85.5 cm³/mol. The summed E-state index contributed by atoms with van der Waals surface area (Å²) >= 11 is 0. The number of hydrogen-bond acceptors (Lipinski definition) is 2. The Morgan fingerprint density at radius 3 is 2.19 bits per heavy atom. The molecule has 0 spiro atoms. The number of benzene rings is 2. The van der Waals surface area contributed by atoms with E-state index in [0.29, 0.717) is 6.07 Å². The van der Waals surface area contributed by atoms with Crippen molar-refractivity contribution >= 4 is 17.4 Å². The van der Waals surface area contributed by atoms with E-state index in [1.165, 1.54) is 11.0 Å². The highest BCUT2D eigenvalue weighted by atomic mass is 19.2. The number of carbonyl (C=O) groups is 1. The van der Waals surface area contributed by atoms with Gasteiger partial charge in [-0.05, 0) is 24.3 Å². The Morgan fingerprint density at radius 1 is 0.846 bits per heavy atom. The van der Waals surface area contributed by atoms with Gasteiger partial charge in [-0.25, -0.2) is 26.7 Å². The highest BCUT2D eigenvalue weighted by Gasteiger charge is 2.24. The van der Waals surface area contributed by atoms with E-state index in [-0.39, 0.29) is 31.9 Å². The molecule has 2 aromatic carbocycles. The first kappa shape index (κ1) is 18.0. The number of urea groups is 1. The monoisotopic (exact) mass is 371 g/mol. The lowest BCUT2D eigenvalue weighted by molar-refractivity contribution is 0.208. The molecule has 1 heterocycles. The van der Waals surface area contributed by atoms with Crippen molar-refractivity contribution < 1.29 is 26.7 Å². The number of hydrogen-bond donors (Lipinski definition) is 1. The van der Waals surface area contributed by atoms with Crippen LogP contribution in [0.4, 0.5) is 38.1 Å². The van der Waals surface area contributed by atoms with Gasteiger partial charge >= 0.3 is 6.03 Å². The van der Waals surface area contributed by atoms with Crippen molar-refractivity contribution in [3.63, 3.8) is 0 Å². The van der Waals surface area contributed by atoms with Crippen LogP contribution in [0.25, 0.3) is 0 Å². The molecule has 2 amide bonds. The van der Waals surface area contributed by atoms with E-state index >= 15 is 0 Å². The largest absolute Gasteiger partial charge is 0.366 e. The second-order valence-corrected chi connectivity index (χ2v) is 5.72. The normalized spacial score (nSPS) is 14.5. The van der Waals surface area contributed by atoms with Crippen LogP contribution in [0.3, 0.4) is 0 Å². The highest BCUT2D eigenvalue weighted by molar-refractivity contribution is 5.89. The molecule has 0 aliphatic carbocycles. The summed E-state index contributed by atoms with van der Waals surface area (Å²) < 4.78 is 66.5. The molecule has 1 N–H and O–H groups in total. The molecule has 9 heteroatoms. The SMILES string of the molecule is O=C(Nc1ccc(F)c(F)c1F)N1CCN(c2ccc(F)cc2F)CC1. The van der Waals surface area contributed by atoms with Crippen LogP contribution in [-0.2, 0) is 0 Å². The number of halogens is 5. The first-order valence-electron chi connectivity index (χ1n) is 7.76. The van der Waals surface area contributed by atoms with Gasteiger partial charge in [0, 0.05) is 32.2 Å². The second kappa shape index (κ2) is 7.19. The topological polar surface area (TPSA) is 35.6 Å². The van der Waals surface area contributed by atoms with Crippen LogP contribution in [0.5, 0.6) is 0 Å². The minimum Gasteiger partial charge on any atom is -0.366 e. The maximum absolute atomic E-state index is 13.8. The van der Waals surface area contributed by atoms with E-state index in [2.05, 4.69) is 5.32 Å². The zero-order valence-electron chi connectivity index (χ0n) is 13.4. The van der Waals surface area contributed by atoms with E-state index in [1.807, 2.05) is 0 Å². The van der Waals surface area contributed by atoms with Gasteiger partial charge in [0.2, 0.25) is 0 Å². The van der Waals surface area contributed by atoms with Crippen LogP contribution in [0.15, 0.2) is 30.3 Å². The van der Waals surface area contributed by atoms with Crippen LogP contribution in [0.1, 0.15) is 0 Å². The average molecular weight is 371 g/mol. The van der Waals surface area contributed by atoms with Gasteiger partial charge in [-0.2, -0.15) is 0 Å². The van der Waals surface area contributed by atoms with E-state index in [0.717, 1.165) is 18.2 Å². The van der Waals surface area contributed by atoms with Crippen molar-refractivity contribution in [2.45, 2.75) is 0 Å². The number of rotatable bonds is 2. The summed E-state index contributed by atoms with van der Waals surface area (Å²) in [5.41, 5.74) is -0.251. The van der Waals surface area contributed by atoms with Crippen LogP contribution in [0.2, 0.25) is 0 Å². The number of nitrogens with zero attached hydrogens (tertiary/aromatic N) is 2. The summed E-state index contributed by atoms with van der Waals surface area (Å²) in [6.45, 7) is 0.925. The fourth-order valence-electron chi connectivity index (χ4n) is 2.70. The first-order chi connectivity index (χ1) is 12.4. The quantitative estimate of drug-likeness (QED) is 0.645. The summed E-state index contributed by atoms with van der Waals surface area (Å²) in [5.74, 6) is -5.88. The summed E-state index contributed by atoms with van der Waals surface area (Å²) in [6, 6.07) is 4.19. The fourth-order valence-corrected chi connectivity index (χ4v) is 2.70. The number of anilines is 2. The average Bonchev–Trinajstić information content (AvgIpc) is 2.62. The van der Waals surface area contributed by atoms with Crippen LogP contribution >= 0.6 is 0 Å². The zero-order chi connectivity index (χ0) is 18.8. The molecule has 0 aromatic heterocycles. The van der Waals surface area contributed by atoms with Gasteiger partial charge in [-0.1, -0.05) is 0 Å². The van der Waals surface area contributed by atoms with Crippen molar-refractivity contribution in [1.82, 2.24) is 4.90 Å². The van der Waals surface area contributed by atoms with Gasteiger partial charge in [0.05, 0.1) is 11.4 Å². The summed E-state index contributed by atoms with van der Waals surface area (Å²) in [4.78, 5) is 15.1.